The van der Waals surface area contributed by atoms with Gasteiger partial charge in [0.15, 0.2) is 0 Å². The third-order valence-electron chi connectivity index (χ3n) is 4.58. The van der Waals surface area contributed by atoms with E-state index in [1.54, 1.807) is 22.3 Å². The largest absolute Gasteiger partial charge is 0.299 e. The second-order valence-corrected chi connectivity index (χ2v) is 6.30. The van der Waals surface area contributed by atoms with Crippen molar-refractivity contribution in [2.24, 2.45) is 0 Å². The van der Waals surface area contributed by atoms with Crippen LogP contribution in [0.25, 0.3) is 0 Å². The van der Waals surface area contributed by atoms with Crippen LogP contribution in [0.5, 0.6) is 0 Å². The number of hydrogen-bond acceptors (Lipinski definition) is 1. The summed E-state index contributed by atoms with van der Waals surface area (Å²) in [6.07, 6.45) is 4.07. The van der Waals surface area contributed by atoms with Crippen LogP contribution in [0.2, 0.25) is 0 Å². The zero-order valence-corrected chi connectivity index (χ0v) is 12.0. The van der Waals surface area contributed by atoms with Crippen LogP contribution in [0.3, 0.4) is 0 Å². The molecular formula is C17H25N. The highest BCUT2D eigenvalue weighted by molar-refractivity contribution is 5.44. The molecule has 1 aromatic carbocycles. The first kappa shape index (κ1) is 12.2. The minimum atomic E-state index is 0.676. The van der Waals surface area contributed by atoms with Crippen molar-refractivity contribution >= 4 is 0 Å². The van der Waals surface area contributed by atoms with Crippen LogP contribution in [0.1, 0.15) is 67.7 Å². The average molecular weight is 243 g/mol. The van der Waals surface area contributed by atoms with E-state index in [9.17, 15) is 0 Å². The molecule has 0 unspecified atom stereocenters. The number of fused-ring (bicyclic) bond motifs is 1. The van der Waals surface area contributed by atoms with Crippen molar-refractivity contribution < 1.29 is 0 Å². The summed E-state index contributed by atoms with van der Waals surface area (Å²) >= 11 is 0. The quantitative estimate of drug-likeness (QED) is 0.773. The van der Waals surface area contributed by atoms with E-state index in [1.165, 1.54) is 38.9 Å². The Morgan fingerprint density at radius 1 is 1.22 bits per heavy atom. The topological polar surface area (TPSA) is 3.24 Å². The molecule has 1 fully saturated rings. The molecule has 0 radical (unpaired) electrons. The molecule has 0 aromatic heterocycles. The lowest BCUT2D eigenvalue weighted by Gasteiger charge is -2.29. The van der Waals surface area contributed by atoms with Gasteiger partial charge in [-0.25, -0.2) is 0 Å². The van der Waals surface area contributed by atoms with Gasteiger partial charge in [-0.2, -0.15) is 0 Å². The van der Waals surface area contributed by atoms with Crippen LogP contribution < -0.4 is 0 Å². The maximum Gasteiger partial charge on any atom is 0.0236 e. The number of nitrogens with zero attached hydrogens (tertiary/aromatic N) is 1. The van der Waals surface area contributed by atoms with E-state index in [0.717, 1.165) is 5.92 Å². The molecule has 98 valence electrons. The normalized spacial score (nSPS) is 20.2. The van der Waals surface area contributed by atoms with Crippen molar-refractivity contribution in [2.45, 2.75) is 58.4 Å². The van der Waals surface area contributed by atoms with Gasteiger partial charge < -0.3 is 0 Å². The summed E-state index contributed by atoms with van der Waals surface area (Å²) in [5, 5.41) is 0. The summed E-state index contributed by atoms with van der Waals surface area (Å²) in [6, 6.07) is 5.07. The van der Waals surface area contributed by atoms with Gasteiger partial charge in [0.25, 0.3) is 0 Å². The second-order valence-electron chi connectivity index (χ2n) is 6.30. The maximum absolute atomic E-state index is 2.56. The predicted octanol–water partition coefficient (Wildman–Crippen LogP) is 4.07. The highest BCUT2D eigenvalue weighted by atomic mass is 15.1. The highest BCUT2D eigenvalue weighted by Gasteiger charge is 2.28. The molecule has 1 nitrogen and oxygen atoms in total. The third-order valence-corrected chi connectivity index (χ3v) is 4.58. The molecular weight excluding hydrogens is 218 g/mol. The maximum atomic E-state index is 2.56. The fraction of sp³-hybridized carbons (Fsp3) is 0.647. The van der Waals surface area contributed by atoms with E-state index in [4.69, 9.17) is 0 Å². The van der Waals surface area contributed by atoms with Crippen molar-refractivity contribution in [3.05, 3.63) is 34.4 Å². The third kappa shape index (κ3) is 2.21. The Balaban J connectivity index is 1.99. The molecule has 1 saturated carbocycles. The SMILES string of the molecule is CCN1CCc2cc(C(C)C)c(C3CC3)cc2C1. The predicted molar refractivity (Wildman–Crippen MR) is 77.2 cm³/mol. The van der Waals surface area contributed by atoms with Gasteiger partial charge >= 0.3 is 0 Å². The second kappa shape index (κ2) is 4.70. The molecule has 18 heavy (non-hydrogen) atoms. The van der Waals surface area contributed by atoms with Crippen LogP contribution in [-0.4, -0.2) is 18.0 Å². The van der Waals surface area contributed by atoms with Crippen LogP contribution >= 0.6 is 0 Å². The Labute approximate surface area is 111 Å². The van der Waals surface area contributed by atoms with Gasteiger partial charge in [0.2, 0.25) is 0 Å². The lowest BCUT2D eigenvalue weighted by atomic mass is 9.87. The fourth-order valence-electron chi connectivity index (χ4n) is 3.22. The smallest absolute Gasteiger partial charge is 0.0236 e. The first-order chi connectivity index (χ1) is 8.69. The number of rotatable bonds is 3. The molecule has 1 heterocycles. The molecule has 0 bridgehead atoms. The Morgan fingerprint density at radius 2 is 2.00 bits per heavy atom. The zero-order chi connectivity index (χ0) is 12.7. The Hall–Kier alpha value is -0.820. The van der Waals surface area contributed by atoms with Gasteiger partial charge in [0.1, 0.15) is 0 Å². The van der Waals surface area contributed by atoms with Crippen LogP contribution in [-0.2, 0) is 13.0 Å². The summed E-state index contributed by atoms with van der Waals surface area (Å²) in [6.45, 7) is 10.6. The van der Waals surface area contributed by atoms with Gasteiger partial charge in [-0.05, 0) is 59.9 Å². The van der Waals surface area contributed by atoms with Gasteiger partial charge in [-0.3, -0.25) is 4.90 Å². The zero-order valence-electron chi connectivity index (χ0n) is 12.0. The van der Waals surface area contributed by atoms with Crippen molar-refractivity contribution in [1.82, 2.24) is 4.90 Å². The molecule has 0 atom stereocenters. The van der Waals surface area contributed by atoms with Crippen LogP contribution in [0, 0.1) is 0 Å². The van der Waals surface area contributed by atoms with E-state index in [2.05, 4.69) is 37.8 Å². The van der Waals surface area contributed by atoms with Crippen LogP contribution in [0.15, 0.2) is 12.1 Å². The van der Waals surface area contributed by atoms with E-state index < -0.39 is 0 Å². The minimum absolute atomic E-state index is 0.676. The number of benzene rings is 1. The number of likely N-dealkylation sites (N-methyl/N-ethyl adjacent to an activating group) is 1. The van der Waals surface area contributed by atoms with Gasteiger partial charge in [-0.1, -0.05) is 32.9 Å². The Bertz CT molecular complexity index is 443. The highest BCUT2D eigenvalue weighted by Crippen LogP contribution is 2.44. The summed E-state index contributed by atoms with van der Waals surface area (Å²) in [7, 11) is 0. The molecule has 2 aliphatic rings. The molecule has 1 aromatic rings. The minimum Gasteiger partial charge on any atom is -0.299 e. The van der Waals surface area contributed by atoms with E-state index >= 15 is 0 Å². The van der Waals surface area contributed by atoms with Gasteiger partial charge in [0, 0.05) is 13.1 Å². The van der Waals surface area contributed by atoms with Gasteiger partial charge in [-0.15, -0.1) is 0 Å². The lowest BCUT2D eigenvalue weighted by molar-refractivity contribution is 0.268. The summed E-state index contributed by atoms with van der Waals surface area (Å²) < 4.78 is 0. The van der Waals surface area contributed by atoms with E-state index in [-0.39, 0.29) is 0 Å². The standard InChI is InChI=1S/C17H25N/c1-4-18-8-7-14-9-16(12(2)3)17(13-5-6-13)10-15(14)11-18/h9-10,12-13H,4-8,11H2,1-3H3. The van der Waals surface area contributed by atoms with E-state index in [1.807, 2.05) is 0 Å². The average Bonchev–Trinajstić information content (AvgIpc) is 3.20. The van der Waals surface area contributed by atoms with Crippen molar-refractivity contribution in [2.75, 3.05) is 13.1 Å². The summed E-state index contributed by atoms with van der Waals surface area (Å²) in [4.78, 5) is 2.56. The number of hydrogen-bond donors (Lipinski definition) is 0. The first-order valence-electron chi connectivity index (χ1n) is 7.57. The van der Waals surface area contributed by atoms with Crippen molar-refractivity contribution in [1.29, 1.82) is 0 Å². The summed E-state index contributed by atoms with van der Waals surface area (Å²) in [5.74, 6) is 1.56. The van der Waals surface area contributed by atoms with E-state index in [0.29, 0.717) is 5.92 Å². The molecule has 0 spiro atoms. The molecule has 1 aliphatic heterocycles. The molecule has 1 heteroatoms. The molecule has 0 saturated heterocycles. The van der Waals surface area contributed by atoms with Gasteiger partial charge in [0.05, 0.1) is 0 Å². The molecule has 1 aliphatic carbocycles. The first-order valence-corrected chi connectivity index (χ1v) is 7.57. The fourth-order valence-corrected chi connectivity index (χ4v) is 3.22. The van der Waals surface area contributed by atoms with Crippen LogP contribution in [0.4, 0.5) is 0 Å². The Morgan fingerprint density at radius 3 is 2.61 bits per heavy atom. The van der Waals surface area contributed by atoms with Crippen molar-refractivity contribution in [3.63, 3.8) is 0 Å². The molecule has 3 rings (SSSR count). The summed E-state index contributed by atoms with van der Waals surface area (Å²) in [5.41, 5.74) is 6.52. The Kier molecular flexibility index (Phi) is 3.19. The monoisotopic (exact) mass is 243 g/mol. The molecule has 0 amide bonds. The molecule has 0 N–H and O–H groups in total. The lowest BCUT2D eigenvalue weighted by Crippen LogP contribution is -2.30. The van der Waals surface area contributed by atoms with Crippen molar-refractivity contribution in [3.8, 4) is 0 Å².